The van der Waals surface area contributed by atoms with Gasteiger partial charge in [-0.25, -0.2) is 9.67 Å². The van der Waals surface area contributed by atoms with Crippen LogP contribution in [0.5, 0.6) is 5.75 Å². The molecular weight excluding hydrogens is 396 g/mol. The summed E-state index contributed by atoms with van der Waals surface area (Å²) in [6, 6.07) is 15.1. The number of amides is 1. The number of carbonyl (C=O) groups is 1. The molecule has 1 aromatic heterocycles. The van der Waals surface area contributed by atoms with Crippen LogP contribution in [0.3, 0.4) is 0 Å². The Balaban J connectivity index is 1.42. The lowest BCUT2D eigenvalue weighted by atomic mass is 10.3. The summed E-state index contributed by atoms with van der Waals surface area (Å²) in [4.78, 5) is 17.0. The molecule has 144 valence electrons. The van der Waals surface area contributed by atoms with Crippen molar-refractivity contribution < 1.29 is 9.53 Å². The van der Waals surface area contributed by atoms with E-state index < -0.39 is 0 Å². The number of halogens is 1. The number of methoxy groups -OCH3 is 1. The molecule has 0 aliphatic heterocycles. The second-order valence-corrected chi connectivity index (χ2v) is 7.81. The molecule has 0 unspecified atom stereocenters. The van der Waals surface area contributed by atoms with Crippen LogP contribution in [-0.2, 0) is 4.79 Å². The Kier molecular flexibility index (Phi) is 5.54. The fourth-order valence-electron chi connectivity index (χ4n) is 2.80. The van der Waals surface area contributed by atoms with E-state index in [1.165, 1.54) is 11.8 Å². The third-order valence-electron chi connectivity index (χ3n) is 4.32. The fourth-order valence-corrected chi connectivity index (χ4v) is 3.69. The van der Waals surface area contributed by atoms with Gasteiger partial charge in [0.2, 0.25) is 11.1 Å². The summed E-state index contributed by atoms with van der Waals surface area (Å²) in [5, 5.41) is 8.49. The molecule has 0 radical (unpaired) electrons. The predicted molar refractivity (Wildman–Crippen MR) is 111 cm³/mol. The van der Waals surface area contributed by atoms with Crippen molar-refractivity contribution >= 4 is 35.0 Å². The van der Waals surface area contributed by atoms with Gasteiger partial charge in [-0.15, -0.1) is 5.10 Å². The van der Waals surface area contributed by atoms with Gasteiger partial charge in [-0.2, -0.15) is 0 Å². The average Bonchev–Trinajstić information content (AvgIpc) is 3.46. The molecule has 0 atom stereocenters. The van der Waals surface area contributed by atoms with E-state index in [0.717, 1.165) is 24.4 Å². The number of ether oxygens (including phenoxy) is 1. The first-order chi connectivity index (χ1) is 13.6. The van der Waals surface area contributed by atoms with E-state index in [9.17, 15) is 4.79 Å². The lowest BCUT2D eigenvalue weighted by molar-refractivity contribution is -0.113. The number of anilines is 1. The number of hydrogen-bond acceptors (Lipinski definition) is 5. The molecule has 8 heteroatoms. The Labute approximate surface area is 172 Å². The molecule has 1 saturated carbocycles. The van der Waals surface area contributed by atoms with Crippen LogP contribution in [0.25, 0.3) is 5.69 Å². The Morgan fingerprint density at radius 1 is 1.29 bits per heavy atom. The molecule has 6 nitrogen and oxygen atoms in total. The zero-order valence-corrected chi connectivity index (χ0v) is 16.8. The number of carbonyl (C=O) groups excluding carboxylic acids is 1. The molecule has 1 aliphatic carbocycles. The topological polar surface area (TPSA) is 69.0 Å². The number of hydrogen-bond donors (Lipinski definition) is 1. The Morgan fingerprint density at radius 3 is 2.75 bits per heavy atom. The zero-order chi connectivity index (χ0) is 19.5. The predicted octanol–water partition coefficient (Wildman–Crippen LogP) is 4.54. The van der Waals surface area contributed by atoms with E-state index in [2.05, 4.69) is 15.4 Å². The second kappa shape index (κ2) is 8.24. The highest BCUT2D eigenvalue weighted by molar-refractivity contribution is 7.99. The minimum absolute atomic E-state index is 0.143. The van der Waals surface area contributed by atoms with Crippen molar-refractivity contribution in [1.29, 1.82) is 0 Å². The lowest BCUT2D eigenvalue weighted by Crippen LogP contribution is -2.14. The molecule has 1 heterocycles. The van der Waals surface area contributed by atoms with E-state index in [1.807, 2.05) is 35.0 Å². The fraction of sp³-hybridized carbons (Fsp3) is 0.250. The summed E-state index contributed by atoms with van der Waals surface area (Å²) in [5.41, 5.74) is 1.61. The summed E-state index contributed by atoms with van der Waals surface area (Å²) >= 11 is 7.42. The van der Waals surface area contributed by atoms with Gasteiger partial charge in [0.1, 0.15) is 11.6 Å². The van der Waals surface area contributed by atoms with Gasteiger partial charge in [-0.1, -0.05) is 41.6 Å². The molecule has 4 rings (SSSR count). The van der Waals surface area contributed by atoms with Gasteiger partial charge in [0.25, 0.3) is 0 Å². The first-order valence-corrected chi connectivity index (χ1v) is 10.3. The van der Waals surface area contributed by atoms with Crippen LogP contribution in [-0.4, -0.2) is 33.5 Å². The number of thioether (sulfide) groups is 1. The summed E-state index contributed by atoms with van der Waals surface area (Å²) in [5.74, 6) is 2.06. The van der Waals surface area contributed by atoms with Gasteiger partial charge in [-0.05, 0) is 43.2 Å². The standard InChI is InChI=1S/C20H19ClN4O2S/c1-27-17-10-9-14(11-16(17)21)22-18(26)12-28-20-23-19(13-7-8-13)25(24-20)15-5-3-2-4-6-15/h2-6,9-11,13H,7-8,12H2,1H3,(H,22,26). The molecule has 3 aromatic rings. The molecule has 28 heavy (non-hydrogen) atoms. The van der Waals surface area contributed by atoms with E-state index in [4.69, 9.17) is 16.3 Å². The number of rotatable bonds is 7. The summed E-state index contributed by atoms with van der Waals surface area (Å²) in [6.07, 6.45) is 2.27. The molecule has 0 bridgehead atoms. The third-order valence-corrected chi connectivity index (χ3v) is 5.46. The van der Waals surface area contributed by atoms with Crippen LogP contribution in [0.2, 0.25) is 5.02 Å². The number of benzene rings is 2. The quantitative estimate of drug-likeness (QED) is 0.575. The van der Waals surface area contributed by atoms with Gasteiger partial charge in [0.15, 0.2) is 0 Å². The van der Waals surface area contributed by atoms with Gasteiger partial charge in [-0.3, -0.25) is 4.79 Å². The molecule has 1 aliphatic rings. The van der Waals surface area contributed by atoms with Gasteiger partial charge in [0.05, 0.1) is 23.6 Å². The molecule has 1 fully saturated rings. The van der Waals surface area contributed by atoms with Crippen molar-refractivity contribution in [2.24, 2.45) is 0 Å². The van der Waals surface area contributed by atoms with E-state index in [1.54, 1.807) is 25.3 Å². The Hall–Kier alpha value is -2.51. The van der Waals surface area contributed by atoms with Crippen molar-refractivity contribution in [2.75, 3.05) is 18.2 Å². The molecule has 0 saturated heterocycles. The minimum atomic E-state index is -0.143. The van der Waals surface area contributed by atoms with E-state index >= 15 is 0 Å². The first-order valence-electron chi connectivity index (χ1n) is 8.92. The number of para-hydroxylation sites is 1. The van der Waals surface area contributed by atoms with Crippen LogP contribution < -0.4 is 10.1 Å². The maximum Gasteiger partial charge on any atom is 0.234 e. The maximum atomic E-state index is 12.3. The highest BCUT2D eigenvalue weighted by atomic mass is 35.5. The molecular formula is C20H19ClN4O2S. The Morgan fingerprint density at radius 2 is 2.07 bits per heavy atom. The highest BCUT2D eigenvalue weighted by Gasteiger charge is 2.30. The second-order valence-electron chi connectivity index (χ2n) is 6.46. The van der Waals surface area contributed by atoms with Crippen molar-refractivity contribution in [1.82, 2.24) is 14.8 Å². The minimum Gasteiger partial charge on any atom is -0.495 e. The van der Waals surface area contributed by atoms with Crippen molar-refractivity contribution in [3.63, 3.8) is 0 Å². The van der Waals surface area contributed by atoms with Gasteiger partial charge < -0.3 is 10.1 Å². The third kappa shape index (κ3) is 4.31. The molecule has 1 amide bonds. The van der Waals surface area contributed by atoms with Gasteiger partial charge in [0, 0.05) is 11.6 Å². The number of nitrogens with one attached hydrogen (secondary N) is 1. The zero-order valence-electron chi connectivity index (χ0n) is 15.3. The normalized spacial score (nSPS) is 13.4. The Bertz CT molecular complexity index is 989. The van der Waals surface area contributed by atoms with Crippen LogP contribution in [0, 0.1) is 0 Å². The van der Waals surface area contributed by atoms with E-state index in [-0.39, 0.29) is 11.7 Å². The largest absolute Gasteiger partial charge is 0.495 e. The summed E-state index contributed by atoms with van der Waals surface area (Å²) in [7, 11) is 1.55. The molecule has 1 N–H and O–H groups in total. The van der Waals surface area contributed by atoms with Crippen molar-refractivity contribution in [2.45, 2.75) is 23.9 Å². The monoisotopic (exact) mass is 414 g/mol. The molecule has 0 spiro atoms. The number of nitrogens with zero attached hydrogens (tertiary/aromatic N) is 3. The van der Waals surface area contributed by atoms with Crippen LogP contribution in [0.4, 0.5) is 5.69 Å². The lowest BCUT2D eigenvalue weighted by Gasteiger charge is -2.07. The summed E-state index contributed by atoms with van der Waals surface area (Å²) < 4.78 is 7.01. The van der Waals surface area contributed by atoms with Crippen LogP contribution >= 0.6 is 23.4 Å². The van der Waals surface area contributed by atoms with Crippen molar-refractivity contribution in [3.8, 4) is 11.4 Å². The van der Waals surface area contributed by atoms with Crippen LogP contribution in [0.15, 0.2) is 53.7 Å². The highest BCUT2D eigenvalue weighted by Crippen LogP contribution is 2.40. The molecule has 2 aromatic carbocycles. The van der Waals surface area contributed by atoms with Crippen LogP contribution in [0.1, 0.15) is 24.6 Å². The van der Waals surface area contributed by atoms with Crippen molar-refractivity contribution in [3.05, 3.63) is 59.4 Å². The summed E-state index contributed by atoms with van der Waals surface area (Å²) in [6.45, 7) is 0. The maximum absolute atomic E-state index is 12.3. The number of aromatic nitrogens is 3. The van der Waals surface area contributed by atoms with E-state index in [0.29, 0.717) is 27.5 Å². The SMILES string of the molecule is COc1ccc(NC(=O)CSc2nc(C3CC3)n(-c3ccccc3)n2)cc1Cl. The average molecular weight is 415 g/mol. The smallest absolute Gasteiger partial charge is 0.234 e. The van der Waals surface area contributed by atoms with Gasteiger partial charge >= 0.3 is 0 Å². The first kappa shape index (κ1) is 18.8.